The quantitative estimate of drug-likeness (QED) is 0.592. The molecular formula is C16H14N6O2S. The lowest BCUT2D eigenvalue weighted by molar-refractivity contribution is 0.0952. The van der Waals surface area contributed by atoms with Crippen molar-refractivity contribution in [2.75, 3.05) is 6.54 Å². The van der Waals surface area contributed by atoms with Gasteiger partial charge in [-0.25, -0.2) is 4.98 Å². The van der Waals surface area contributed by atoms with E-state index in [1.54, 1.807) is 0 Å². The molecule has 0 aliphatic heterocycles. The minimum atomic E-state index is -0.439. The minimum Gasteiger partial charge on any atom is -0.351 e. The van der Waals surface area contributed by atoms with Crippen LogP contribution < -0.4 is 10.9 Å². The summed E-state index contributed by atoms with van der Waals surface area (Å²) in [6.45, 7) is 2.16. The van der Waals surface area contributed by atoms with Crippen molar-refractivity contribution in [1.29, 1.82) is 0 Å². The number of nitrogens with one attached hydrogen (secondary N) is 1. The second-order valence-corrected chi connectivity index (χ2v) is 6.36. The summed E-state index contributed by atoms with van der Waals surface area (Å²) in [5.41, 5.74) is 1.20. The van der Waals surface area contributed by atoms with Crippen LogP contribution in [0.25, 0.3) is 10.6 Å². The van der Waals surface area contributed by atoms with Crippen LogP contribution in [0.1, 0.15) is 21.9 Å². The number of thiazole rings is 1. The molecule has 8 nitrogen and oxygen atoms in total. The summed E-state index contributed by atoms with van der Waals surface area (Å²) < 4.78 is 3.31. The lowest BCUT2D eigenvalue weighted by Crippen LogP contribution is -2.33. The number of aryl methyl sites for hydroxylation is 1. The standard InChI is InChI=1S/C16H14N6O2S/c1-10-9-25-16-18-8-11(15(24)22(10)16)14(23)17-6-5-13-20-19-12-4-2-3-7-21(12)13/h2-4,7-9H,5-6H2,1H3,(H,17,23). The molecule has 0 aromatic carbocycles. The summed E-state index contributed by atoms with van der Waals surface area (Å²) in [4.78, 5) is 29.5. The third-order valence-corrected chi connectivity index (χ3v) is 4.84. The average molecular weight is 354 g/mol. The van der Waals surface area contributed by atoms with E-state index < -0.39 is 5.91 Å². The summed E-state index contributed by atoms with van der Waals surface area (Å²) in [6.07, 6.45) is 3.71. The van der Waals surface area contributed by atoms with Crippen molar-refractivity contribution in [3.63, 3.8) is 0 Å². The second-order valence-electron chi connectivity index (χ2n) is 5.52. The fourth-order valence-corrected chi connectivity index (χ4v) is 3.45. The van der Waals surface area contributed by atoms with Crippen LogP contribution in [-0.2, 0) is 6.42 Å². The van der Waals surface area contributed by atoms with Gasteiger partial charge in [0.2, 0.25) is 0 Å². The fourth-order valence-electron chi connectivity index (χ4n) is 2.63. The van der Waals surface area contributed by atoms with Gasteiger partial charge in [0.25, 0.3) is 11.5 Å². The van der Waals surface area contributed by atoms with E-state index in [0.717, 1.165) is 17.2 Å². The normalized spacial score (nSPS) is 11.2. The Morgan fingerprint density at radius 3 is 3.08 bits per heavy atom. The summed E-state index contributed by atoms with van der Waals surface area (Å²) in [7, 11) is 0. The highest BCUT2D eigenvalue weighted by Gasteiger charge is 2.15. The van der Waals surface area contributed by atoms with Crippen molar-refractivity contribution >= 4 is 27.9 Å². The largest absolute Gasteiger partial charge is 0.351 e. The highest BCUT2D eigenvalue weighted by Crippen LogP contribution is 2.11. The Morgan fingerprint density at radius 1 is 1.32 bits per heavy atom. The van der Waals surface area contributed by atoms with E-state index in [4.69, 9.17) is 0 Å². The van der Waals surface area contributed by atoms with Gasteiger partial charge >= 0.3 is 0 Å². The molecule has 25 heavy (non-hydrogen) atoms. The maximum absolute atomic E-state index is 12.5. The van der Waals surface area contributed by atoms with E-state index in [9.17, 15) is 9.59 Å². The minimum absolute atomic E-state index is 0.0325. The Kier molecular flexibility index (Phi) is 3.77. The van der Waals surface area contributed by atoms with Crippen LogP contribution in [0.15, 0.2) is 40.8 Å². The Hall–Kier alpha value is -3.07. The third kappa shape index (κ3) is 2.68. The molecule has 4 aromatic heterocycles. The molecule has 126 valence electrons. The topological polar surface area (TPSA) is 93.7 Å². The fraction of sp³-hybridized carbons (Fsp3) is 0.188. The molecule has 4 rings (SSSR count). The first-order valence-electron chi connectivity index (χ1n) is 7.68. The van der Waals surface area contributed by atoms with Gasteiger partial charge in [-0.05, 0) is 19.1 Å². The van der Waals surface area contributed by atoms with Gasteiger partial charge in [-0.2, -0.15) is 0 Å². The molecule has 0 bridgehead atoms. The smallest absolute Gasteiger partial charge is 0.271 e. The lowest BCUT2D eigenvalue weighted by Gasteiger charge is -2.05. The van der Waals surface area contributed by atoms with Gasteiger partial charge in [0.1, 0.15) is 11.4 Å². The molecule has 0 saturated heterocycles. The molecule has 0 unspecified atom stereocenters. The van der Waals surface area contributed by atoms with Crippen LogP contribution in [0.4, 0.5) is 0 Å². The van der Waals surface area contributed by atoms with Crippen molar-refractivity contribution in [1.82, 2.24) is 29.3 Å². The summed E-state index contributed by atoms with van der Waals surface area (Å²) in [5.74, 6) is 0.307. The van der Waals surface area contributed by atoms with E-state index in [2.05, 4.69) is 20.5 Å². The molecule has 4 aromatic rings. The number of nitrogens with zero attached hydrogens (tertiary/aromatic N) is 5. The number of rotatable bonds is 4. The van der Waals surface area contributed by atoms with Crippen LogP contribution in [0.5, 0.6) is 0 Å². The zero-order chi connectivity index (χ0) is 17.4. The Morgan fingerprint density at radius 2 is 2.20 bits per heavy atom. The number of carbonyl (C=O) groups is 1. The average Bonchev–Trinajstić information content (AvgIpc) is 3.20. The summed E-state index contributed by atoms with van der Waals surface area (Å²) in [5, 5.41) is 12.8. The predicted octanol–water partition coefficient (Wildman–Crippen LogP) is 1.08. The SMILES string of the molecule is Cc1csc2ncc(C(=O)NCCc3nnc4ccccn34)c(=O)n12. The Balaban J connectivity index is 1.50. The van der Waals surface area contributed by atoms with Gasteiger partial charge in [0, 0.05) is 36.4 Å². The zero-order valence-corrected chi connectivity index (χ0v) is 14.2. The maximum Gasteiger partial charge on any atom is 0.271 e. The highest BCUT2D eigenvalue weighted by atomic mass is 32.1. The monoisotopic (exact) mass is 354 g/mol. The van der Waals surface area contributed by atoms with Crippen LogP contribution in [0.3, 0.4) is 0 Å². The maximum atomic E-state index is 12.5. The number of hydrogen-bond donors (Lipinski definition) is 1. The van der Waals surface area contributed by atoms with Gasteiger partial charge < -0.3 is 5.32 Å². The van der Waals surface area contributed by atoms with Crippen LogP contribution in [-0.4, -0.2) is 36.4 Å². The Labute approximate surface area is 145 Å². The first-order valence-corrected chi connectivity index (χ1v) is 8.56. The first kappa shape index (κ1) is 15.5. The molecule has 0 saturated carbocycles. The summed E-state index contributed by atoms with van der Waals surface area (Å²) >= 11 is 1.37. The van der Waals surface area contributed by atoms with Gasteiger partial charge in [-0.15, -0.1) is 21.5 Å². The molecule has 0 fully saturated rings. The number of aromatic nitrogens is 5. The number of fused-ring (bicyclic) bond motifs is 2. The molecule has 0 aliphatic carbocycles. The van der Waals surface area contributed by atoms with Crippen molar-refractivity contribution < 1.29 is 4.79 Å². The second kappa shape index (κ2) is 6.10. The molecule has 1 amide bonds. The molecule has 0 radical (unpaired) electrons. The lowest BCUT2D eigenvalue weighted by atomic mass is 10.3. The number of pyridine rings is 1. The van der Waals surface area contributed by atoms with E-state index in [1.165, 1.54) is 21.9 Å². The number of carbonyl (C=O) groups excluding carboxylic acids is 1. The van der Waals surface area contributed by atoms with E-state index in [1.807, 2.05) is 41.1 Å². The molecule has 4 heterocycles. The molecule has 9 heteroatoms. The van der Waals surface area contributed by atoms with E-state index in [0.29, 0.717) is 17.9 Å². The Bertz CT molecular complexity index is 1140. The van der Waals surface area contributed by atoms with Gasteiger partial charge in [-0.1, -0.05) is 6.07 Å². The number of hydrogen-bond acceptors (Lipinski definition) is 6. The van der Waals surface area contributed by atoms with Gasteiger partial charge in [0.05, 0.1) is 0 Å². The van der Waals surface area contributed by atoms with E-state index in [-0.39, 0.29) is 11.1 Å². The predicted molar refractivity (Wildman–Crippen MR) is 93.1 cm³/mol. The third-order valence-electron chi connectivity index (χ3n) is 3.88. The van der Waals surface area contributed by atoms with Crippen LogP contribution in [0.2, 0.25) is 0 Å². The van der Waals surface area contributed by atoms with E-state index >= 15 is 0 Å². The molecule has 0 atom stereocenters. The number of amides is 1. The molecular weight excluding hydrogens is 340 g/mol. The molecule has 0 spiro atoms. The van der Waals surface area contributed by atoms with Crippen LogP contribution in [0, 0.1) is 6.92 Å². The molecule has 1 N–H and O–H groups in total. The highest BCUT2D eigenvalue weighted by molar-refractivity contribution is 7.15. The zero-order valence-electron chi connectivity index (χ0n) is 13.3. The van der Waals surface area contributed by atoms with Crippen LogP contribution >= 0.6 is 11.3 Å². The van der Waals surface area contributed by atoms with Crippen molar-refractivity contribution in [2.45, 2.75) is 13.3 Å². The van der Waals surface area contributed by atoms with Crippen molar-refractivity contribution in [2.24, 2.45) is 0 Å². The van der Waals surface area contributed by atoms with Gasteiger partial charge in [0.15, 0.2) is 10.6 Å². The molecule has 0 aliphatic rings. The first-order chi connectivity index (χ1) is 12.1. The van der Waals surface area contributed by atoms with Crippen molar-refractivity contribution in [3.05, 3.63) is 63.4 Å². The summed E-state index contributed by atoms with van der Waals surface area (Å²) in [6, 6.07) is 5.64. The van der Waals surface area contributed by atoms with Crippen molar-refractivity contribution in [3.8, 4) is 0 Å². The van der Waals surface area contributed by atoms with Gasteiger partial charge in [-0.3, -0.25) is 18.4 Å².